The summed E-state index contributed by atoms with van der Waals surface area (Å²) in [5, 5.41) is 9.14. The lowest BCUT2D eigenvalue weighted by Crippen LogP contribution is -2.44. The van der Waals surface area contributed by atoms with Gasteiger partial charge in [0.1, 0.15) is 5.69 Å². The minimum atomic E-state index is -0.857. The summed E-state index contributed by atoms with van der Waals surface area (Å²) in [6.07, 6.45) is 13.2. The van der Waals surface area contributed by atoms with E-state index in [1.165, 1.54) is 32.1 Å². The van der Waals surface area contributed by atoms with Gasteiger partial charge in [-0.3, -0.25) is 0 Å². The van der Waals surface area contributed by atoms with E-state index in [0.29, 0.717) is 11.6 Å². The number of aromatic nitrogens is 1. The van der Waals surface area contributed by atoms with Crippen molar-refractivity contribution in [2.45, 2.75) is 32.1 Å². The van der Waals surface area contributed by atoms with Crippen molar-refractivity contribution in [1.82, 2.24) is 4.57 Å². The number of carboxylic acids is 1. The van der Waals surface area contributed by atoms with E-state index in [1.807, 2.05) is 12.4 Å². The summed E-state index contributed by atoms with van der Waals surface area (Å²) >= 11 is 0. The Labute approximate surface area is 119 Å². The molecule has 4 aliphatic carbocycles. The summed E-state index contributed by atoms with van der Waals surface area (Å²) in [4.78, 5) is 11.1. The predicted molar refractivity (Wildman–Crippen MR) is 77.3 cm³/mol. The molecular formula is C17H21NO2. The van der Waals surface area contributed by atoms with Gasteiger partial charge in [-0.2, -0.15) is 0 Å². The quantitative estimate of drug-likeness (QED) is 0.910. The van der Waals surface area contributed by atoms with Crippen molar-refractivity contribution in [3.05, 3.63) is 30.1 Å². The van der Waals surface area contributed by atoms with E-state index in [2.05, 4.69) is 6.08 Å². The molecule has 4 aliphatic rings. The monoisotopic (exact) mass is 271 g/mol. The standard InChI is InChI=1S/C17H21NO2/c19-17(20)16-2-1-4-18(16)5-3-15-13-7-11-6-12(9-13)10-14(15)8-11/h1-5,11-15H,6-10H2,(H,19,20)/b5-3+. The van der Waals surface area contributed by atoms with Gasteiger partial charge in [0.15, 0.2) is 0 Å². The number of hydrogen-bond donors (Lipinski definition) is 1. The molecule has 1 heterocycles. The summed E-state index contributed by atoms with van der Waals surface area (Å²) in [6, 6.07) is 3.45. The van der Waals surface area contributed by atoms with Crippen molar-refractivity contribution in [3.8, 4) is 0 Å². The molecule has 0 radical (unpaired) electrons. The zero-order valence-corrected chi connectivity index (χ0v) is 11.6. The zero-order valence-electron chi connectivity index (χ0n) is 11.6. The van der Waals surface area contributed by atoms with Crippen molar-refractivity contribution < 1.29 is 9.90 Å². The van der Waals surface area contributed by atoms with Crippen LogP contribution in [0.3, 0.4) is 0 Å². The molecule has 1 aromatic rings. The molecule has 0 spiro atoms. The number of hydrogen-bond acceptors (Lipinski definition) is 1. The third-order valence-corrected chi connectivity index (χ3v) is 5.77. The maximum absolute atomic E-state index is 11.1. The van der Waals surface area contributed by atoms with E-state index in [0.717, 1.165) is 23.7 Å². The third-order valence-electron chi connectivity index (χ3n) is 5.77. The second-order valence-corrected chi connectivity index (χ2v) is 6.96. The molecule has 4 saturated carbocycles. The molecule has 0 amide bonds. The lowest BCUT2D eigenvalue weighted by Gasteiger charge is -2.53. The average molecular weight is 271 g/mol. The van der Waals surface area contributed by atoms with E-state index in [4.69, 9.17) is 5.11 Å². The Morgan fingerprint density at radius 2 is 1.80 bits per heavy atom. The molecule has 1 aromatic heterocycles. The summed E-state index contributed by atoms with van der Waals surface area (Å²) in [5.41, 5.74) is 0.352. The van der Waals surface area contributed by atoms with Gasteiger partial charge >= 0.3 is 5.97 Å². The minimum absolute atomic E-state index is 0.352. The number of nitrogens with zero attached hydrogens (tertiary/aromatic N) is 1. The van der Waals surface area contributed by atoms with Crippen LogP contribution in [0.5, 0.6) is 0 Å². The van der Waals surface area contributed by atoms with Crippen LogP contribution in [-0.4, -0.2) is 15.6 Å². The van der Waals surface area contributed by atoms with Crippen LogP contribution in [-0.2, 0) is 0 Å². The molecule has 0 saturated heterocycles. The van der Waals surface area contributed by atoms with Gasteiger partial charge < -0.3 is 9.67 Å². The van der Waals surface area contributed by atoms with Crippen LogP contribution in [0.1, 0.15) is 42.6 Å². The largest absolute Gasteiger partial charge is 0.477 e. The molecule has 0 aromatic carbocycles. The van der Waals surface area contributed by atoms with Gasteiger partial charge in [0.05, 0.1) is 0 Å². The molecular weight excluding hydrogens is 250 g/mol. The summed E-state index contributed by atoms with van der Waals surface area (Å²) in [7, 11) is 0. The van der Waals surface area contributed by atoms with Crippen molar-refractivity contribution >= 4 is 12.2 Å². The minimum Gasteiger partial charge on any atom is -0.477 e. The molecule has 106 valence electrons. The maximum atomic E-state index is 11.1. The van der Waals surface area contributed by atoms with Crippen LogP contribution >= 0.6 is 0 Å². The van der Waals surface area contributed by atoms with Crippen LogP contribution in [0.4, 0.5) is 0 Å². The molecule has 0 atom stereocenters. The normalized spacial score (nSPS) is 38.7. The molecule has 4 fully saturated rings. The van der Waals surface area contributed by atoms with Crippen molar-refractivity contribution in [2.75, 3.05) is 0 Å². The van der Waals surface area contributed by atoms with E-state index < -0.39 is 5.97 Å². The molecule has 0 aliphatic heterocycles. The van der Waals surface area contributed by atoms with Gasteiger partial charge in [-0.15, -0.1) is 0 Å². The van der Waals surface area contributed by atoms with E-state index in [-0.39, 0.29) is 0 Å². The molecule has 0 unspecified atom stereocenters. The number of carboxylic acid groups (broad SMARTS) is 1. The fourth-order valence-corrected chi connectivity index (χ4v) is 5.18. The first-order valence-electron chi connectivity index (χ1n) is 7.79. The van der Waals surface area contributed by atoms with Crippen molar-refractivity contribution in [1.29, 1.82) is 0 Å². The van der Waals surface area contributed by atoms with Crippen LogP contribution in [0.2, 0.25) is 0 Å². The van der Waals surface area contributed by atoms with E-state index >= 15 is 0 Å². The SMILES string of the molecule is O=C(O)c1cccn1/C=C/C1C2CC3CC(C2)CC1C3. The van der Waals surface area contributed by atoms with Gasteiger partial charge in [-0.25, -0.2) is 4.79 Å². The summed E-state index contributed by atoms with van der Waals surface area (Å²) < 4.78 is 1.74. The summed E-state index contributed by atoms with van der Waals surface area (Å²) in [5.74, 6) is 3.50. The summed E-state index contributed by atoms with van der Waals surface area (Å²) in [6.45, 7) is 0. The Hall–Kier alpha value is -1.51. The fourth-order valence-electron chi connectivity index (χ4n) is 5.18. The number of allylic oxidation sites excluding steroid dienone is 1. The number of rotatable bonds is 3. The lowest BCUT2D eigenvalue weighted by atomic mass is 9.52. The molecule has 3 nitrogen and oxygen atoms in total. The predicted octanol–water partition coefficient (Wildman–Crippen LogP) is 3.73. The molecule has 3 heteroatoms. The van der Waals surface area contributed by atoms with Gasteiger partial charge in [0.25, 0.3) is 0 Å². The molecule has 20 heavy (non-hydrogen) atoms. The topological polar surface area (TPSA) is 42.2 Å². The highest BCUT2D eigenvalue weighted by Crippen LogP contribution is 2.56. The highest BCUT2D eigenvalue weighted by molar-refractivity contribution is 5.86. The van der Waals surface area contributed by atoms with Gasteiger partial charge in [0, 0.05) is 12.4 Å². The number of carbonyl (C=O) groups is 1. The zero-order chi connectivity index (χ0) is 13.7. The fraction of sp³-hybridized carbons (Fsp3) is 0.588. The van der Waals surface area contributed by atoms with Crippen LogP contribution in [0, 0.1) is 29.6 Å². The van der Waals surface area contributed by atoms with E-state index in [9.17, 15) is 4.79 Å². The first-order chi connectivity index (χ1) is 9.70. The molecule has 5 rings (SSSR count). The third kappa shape index (κ3) is 1.91. The Kier molecular flexibility index (Phi) is 2.76. The first kappa shape index (κ1) is 12.2. The van der Waals surface area contributed by atoms with Crippen LogP contribution in [0.15, 0.2) is 24.4 Å². The van der Waals surface area contributed by atoms with Crippen molar-refractivity contribution in [3.63, 3.8) is 0 Å². The second kappa shape index (κ2) is 4.51. The Morgan fingerprint density at radius 3 is 2.40 bits per heavy atom. The van der Waals surface area contributed by atoms with Gasteiger partial charge in [0.2, 0.25) is 0 Å². The van der Waals surface area contributed by atoms with Gasteiger partial charge in [-0.1, -0.05) is 6.08 Å². The van der Waals surface area contributed by atoms with Crippen molar-refractivity contribution in [2.24, 2.45) is 29.6 Å². The smallest absolute Gasteiger partial charge is 0.352 e. The van der Waals surface area contributed by atoms with Crippen LogP contribution < -0.4 is 0 Å². The number of aromatic carboxylic acids is 1. The second-order valence-electron chi connectivity index (χ2n) is 6.96. The van der Waals surface area contributed by atoms with E-state index in [1.54, 1.807) is 16.7 Å². The van der Waals surface area contributed by atoms with Crippen LogP contribution in [0.25, 0.3) is 6.20 Å². The first-order valence-corrected chi connectivity index (χ1v) is 7.79. The Bertz CT molecular complexity index is 529. The molecule has 1 N–H and O–H groups in total. The Balaban J connectivity index is 1.55. The Morgan fingerprint density at radius 1 is 1.15 bits per heavy atom. The average Bonchev–Trinajstić information content (AvgIpc) is 2.85. The highest BCUT2D eigenvalue weighted by atomic mass is 16.4. The lowest BCUT2D eigenvalue weighted by molar-refractivity contribution is -0.0159. The maximum Gasteiger partial charge on any atom is 0.352 e. The highest BCUT2D eigenvalue weighted by Gasteiger charge is 2.47. The van der Waals surface area contributed by atoms with Gasteiger partial charge in [-0.05, 0) is 73.8 Å². The molecule has 4 bridgehead atoms.